The highest BCUT2D eigenvalue weighted by Crippen LogP contribution is 2.29. The second-order valence-electron chi connectivity index (χ2n) is 5.71. The van der Waals surface area contributed by atoms with Gasteiger partial charge in [-0.05, 0) is 36.8 Å². The molecule has 4 aromatic rings. The van der Waals surface area contributed by atoms with Crippen LogP contribution in [0.4, 0.5) is 5.13 Å². The van der Waals surface area contributed by atoms with Crippen LogP contribution in [-0.4, -0.2) is 17.1 Å². The Morgan fingerprint density at radius 1 is 1.12 bits per heavy atom. The van der Waals surface area contributed by atoms with Gasteiger partial charge in [0.1, 0.15) is 0 Å². The van der Waals surface area contributed by atoms with Crippen molar-refractivity contribution in [3.8, 4) is 0 Å². The van der Waals surface area contributed by atoms with Gasteiger partial charge in [0, 0.05) is 0 Å². The maximum Gasteiger partial charge on any atom is 0.316 e. The highest BCUT2D eigenvalue weighted by molar-refractivity contribution is 7.22. The van der Waals surface area contributed by atoms with Crippen LogP contribution in [0.2, 0.25) is 0 Å². The third-order valence-electron chi connectivity index (χ3n) is 3.79. The Balaban J connectivity index is 1.73. The Bertz CT molecular complexity index is 1030. The monoisotopic (exact) mass is 361 g/mol. The van der Waals surface area contributed by atoms with Gasteiger partial charge in [-0.25, -0.2) is 4.98 Å². The summed E-state index contributed by atoms with van der Waals surface area (Å²) in [6, 6.07) is 18.9. The molecule has 0 spiro atoms. The number of benzene rings is 2. The number of hydrogen-bond acceptors (Lipinski definition) is 5. The minimum absolute atomic E-state index is 0.213. The number of aryl methyl sites for hydroxylation is 1. The van der Waals surface area contributed by atoms with E-state index in [0.717, 1.165) is 21.3 Å². The number of nitrogens with zero attached hydrogens (tertiary/aromatic N) is 3. The summed E-state index contributed by atoms with van der Waals surface area (Å²) < 4.78 is 6.24. The zero-order chi connectivity index (χ0) is 17.9. The number of fused-ring (bicyclic) bond motifs is 1. The van der Waals surface area contributed by atoms with Gasteiger partial charge in [-0.1, -0.05) is 53.3 Å². The molecule has 26 heavy (non-hydrogen) atoms. The molecule has 2 heterocycles. The minimum Gasteiger partial charge on any atom is -0.459 e. The molecule has 128 valence electrons. The van der Waals surface area contributed by atoms with Crippen LogP contribution in [0.5, 0.6) is 0 Å². The summed E-state index contributed by atoms with van der Waals surface area (Å²) >= 11 is 1.41. The lowest BCUT2D eigenvalue weighted by Gasteiger charge is -2.11. The number of rotatable bonds is 4. The summed E-state index contributed by atoms with van der Waals surface area (Å²) in [7, 11) is 0. The molecule has 0 saturated carbocycles. The van der Waals surface area contributed by atoms with Gasteiger partial charge in [-0.3, -0.25) is 4.79 Å². The number of aromatic nitrogens is 1. The number of hydrogen-bond donors (Lipinski definition) is 0. The second-order valence-corrected chi connectivity index (χ2v) is 6.72. The first-order chi connectivity index (χ1) is 12.7. The molecule has 0 bridgehead atoms. The molecular weight excluding hydrogens is 346 g/mol. The van der Waals surface area contributed by atoms with E-state index in [4.69, 9.17) is 4.42 Å². The molecule has 0 aliphatic rings. The fourth-order valence-corrected chi connectivity index (χ4v) is 3.34. The van der Waals surface area contributed by atoms with E-state index < -0.39 is 0 Å². The van der Waals surface area contributed by atoms with Crippen LogP contribution in [0, 0.1) is 6.92 Å². The lowest BCUT2D eigenvalue weighted by Crippen LogP contribution is -2.25. The van der Waals surface area contributed by atoms with Crippen molar-refractivity contribution < 1.29 is 9.21 Å². The van der Waals surface area contributed by atoms with E-state index in [0.29, 0.717) is 5.13 Å². The van der Waals surface area contributed by atoms with Crippen molar-refractivity contribution in [1.82, 2.24) is 4.98 Å². The van der Waals surface area contributed by atoms with E-state index in [1.807, 2.05) is 55.5 Å². The molecule has 6 heteroatoms. The molecule has 4 rings (SSSR count). The molecule has 2 aromatic heterocycles. The molecule has 2 aromatic carbocycles. The average Bonchev–Trinajstić information content (AvgIpc) is 3.33. The lowest BCUT2D eigenvalue weighted by atomic mass is 10.2. The summed E-state index contributed by atoms with van der Waals surface area (Å²) in [5, 5.41) is 6.17. The van der Waals surface area contributed by atoms with Gasteiger partial charge in [0.15, 0.2) is 5.76 Å². The first kappa shape index (κ1) is 16.2. The van der Waals surface area contributed by atoms with Gasteiger partial charge >= 0.3 is 5.91 Å². The fraction of sp³-hybridized carbons (Fsp3) is 0.0500. The number of para-hydroxylation sites is 1. The van der Waals surface area contributed by atoms with Crippen molar-refractivity contribution in [3.63, 3.8) is 0 Å². The fourth-order valence-electron chi connectivity index (χ4n) is 2.42. The van der Waals surface area contributed by atoms with Crippen LogP contribution in [0.25, 0.3) is 10.2 Å². The Kier molecular flexibility index (Phi) is 4.33. The zero-order valence-electron chi connectivity index (χ0n) is 14.0. The summed E-state index contributed by atoms with van der Waals surface area (Å²) in [6.45, 7) is 2.02. The molecule has 0 aliphatic heterocycles. The first-order valence-electron chi connectivity index (χ1n) is 8.05. The third kappa shape index (κ3) is 3.27. The lowest BCUT2D eigenvalue weighted by molar-refractivity contribution is 0.0961. The van der Waals surface area contributed by atoms with E-state index in [1.54, 1.807) is 18.3 Å². The topological polar surface area (TPSA) is 58.7 Å². The van der Waals surface area contributed by atoms with E-state index in [9.17, 15) is 4.79 Å². The van der Waals surface area contributed by atoms with Crippen LogP contribution < -0.4 is 5.01 Å². The normalized spacial score (nSPS) is 11.3. The van der Waals surface area contributed by atoms with Crippen molar-refractivity contribution in [2.75, 3.05) is 5.01 Å². The highest BCUT2D eigenvalue weighted by Gasteiger charge is 2.22. The van der Waals surface area contributed by atoms with E-state index in [1.165, 1.54) is 22.6 Å². The number of hydrazone groups is 1. The minimum atomic E-state index is -0.364. The summed E-state index contributed by atoms with van der Waals surface area (Å²) in [5.41, 5.74) is 2.89. The molecule has 0 saturated heterocycles. The smallest absolute Gasteiger partial charge is 0.316 e. The van der Waals surface area contributed by atoms with Gasteiger partial charge in [-0.15, -0.1) is 0 Å². The molecule has 0 atom stereocenters. The summed E-state index contributed by atoms with van der Waals surface area (Å²) in [4.78, 5) is 17.4. The number of carbonyl (C=O) groups is 1. The predicted molar refractivity (Wildman–Crippen MR) is 104 cm³/mol. The Morgan fingerprint density at radius 3 is 2.65 bits per heavy atom. The van der Waals surface area contributed by atoms with Crippen molar-refractivity contribution in [2.45, 2.75) is 6.92 Å². The van der Waals surface area contributed by atoms with Crippen LogP contribution in [0.1, 0.15) is 21.7 Å². The van der Waals surface area contributed by atoms with Crippen molar-refractivity contribution in [3.05, 3.63) is 83.8 Å². The van der Waals surface area contributed by atoms with E-state index in [-0.39, 0.29) is 11.7 Å². The number of amides is 1. The molecule has 0 radical (unpaired) electrons. The Morgan fingerprint density at radius 2 is 1.92 bits per heavy atom. The second kappa shape index (κ2) is 6.93. The first-order valence-corrected chi connectivity index (χ1v) is 8.86. The molecule has 1 amide bonds. The van der Waals surface area contributed by atoms with Gasteiger partial charge in [0.2, 0.25) is 5.13 Å². The maximum absolute atomic E-state index is 12.8. The quantitative estimate of drug-likeness (QED) is 0.384. The number of carbonyl (C=O) groups excluding carboxylic acids is 1. The molecule has 0 N–H and O–H groups in total. The van der Waals surface area contributed by atoms with Crippen LogP contribution in [0.15, 0.2) is 76.4 Å². The number of furan rings is 1. The van der Waals surface area contributed by atoms with Crippen LogP contribution >= 0.6 is 11.3 Å². The summed E-state index contributed by atoms with van der Waals surface area (Å²) in [5.74, 6) is -0.150. The predicted octanol–water partition coefficient (Wildman–Crippen LogP) is 4.88. The van der Waals surface area contributed by atoms with Crippen LogP contribution in [0.3, 0.4) is 0 Å². The molecular formula is C20H15N3O2S. The summed E-state index contributed by atoms with van der Waals surface area (Å²) in [6.07, 6.45) is 3.11. The maximum atomic E-state index is 12.8. The van der Waals surface area contributed by atoms with Gasteiger partial charge < -0.3 is 4.42 Å². The SMILES string of the molecule is Cc1ccc(/C=N/N(C(=O)c2ccco2)c2nc3ccccc3s2)cc1. The van der Waals surface area contributed by atoms with Crippen molar-refractivity contribution in [2.24, 2.45) is 5.10 Å². The van der Waals surface area contributed by atoms with Gasteiger partial charge in [0.05, 0.1) is 22.7 Å². The Hall–Kier alpha value is -3.25. The Labute approximate surface area is 154 Å². The average molecular weight is 361 g/mol. The molecule has 0 unspecified atom stereocenters. The zero-order valence-corrected chi connectivity index (χ0v) is 14.8. The third-order valence-corrected chi connectivity index (χ3v) is 4.80. The van der Waals surface area contributed by atoms with E-state index >= 15 is 0 Å². The molecule has 5 nitrogen and oxygen atoms in total. The van der Waals surface area contributed by atoms with Crippen molar-refractivity contribution in [1.29, 1.82) is 0 Å². The number of thiazole rings is 1. The number of anilines is 1. The largest absolute Gasteiger partial charge is 0.459 e. The van der Waals surface area contributed by atoms with Gasteiger partial charge in [-0.2, -0.15) is 10.1 Å². The molecule has 0 aliphatic carbocycles. The van der Waals surface area contributed by atoms with Crippen LogP contribution in [-0.2, 0) is 0 Å². The van der Waals surface area contributed by atoms with Gasteiger partial charge in [0.25, 0.3) is 0 Å². The standard InChI is InChI=1S/C20H15N3O2S/c1-14-8-10-15(11-9-14)13-21-23(19(24)17-6-4-12-25-17)20-22-16-5-2-3-7-18(16)26-20/h2-13H,1H3/b21-13+. The highest BCUT2D eigenvalue weighted by atomic mass is 32.1. The van der Waals surface area contributed by atoms with E-state index in [2.05, 4.69) is 10.1 Å². The molecule has 0 fully saturated rings. The van der Waals surface area contributed by atoms with Crippen molar-refractivity contribution >= 4 is 38.8 Å².